The summed E-state index contributed by atoms with van der Waals surface area (Å²) in [5.41, 5.74) is 1.89. The predicted octanol–water partition coefficient (Wildman–Crippen LogP) is 5.07. The highest BCUT2D eigenvalue weighted by atomic mass is 32.1. The maximum atomic E-state index is 13.0. The monoisotopic (exact) mass is 463 g/mol. The molecule has 2 aromatic heterocycles. The molecular weight excluding hydrogens is 434 g/mol. The van der Waals surface area contributed by atoms with E-state index in [0.717, 1.165) is 43.8 Å². The van der Waals surface area contributed by atoms with Gasteiger partial charge in [0.15, 0.2) is 0 Å². The Bertz CT molecular complexity index is 1370. The molecule has 0 unspecified atom stereocenters. The second-order valence-corrected chi connectivity index (χ2v) is 9.52. The average Bonchev–Trinajstić information content (AvgIpc) is 3.11. The van der Waals surface area contributed by atoms with E-state index in [2.05, 4.69) is 30.1 Å². The number of aromatic nitrogens is 2. The van der Waals surface area contributed by atoms with E-state index >= 15 is 0 Å². The molecule has 172 valence electrons. The molecule has 0 aliphatic rings. The zero-order valence-electron chi connectivity index (χ0n) is 19.6. The molecule has 0 atom stereocenters. The van der Waals surface area contributed by atoms with Crippen LogP contribution in [0.3, 0.4) is 0 Å². The Labute approximate surface area is 197 Å². The maximum absolute atomic E-state index is 13.0. The van der Waals surface area contributed by atoms with Gasteiger partial charge < -0.3 is 9.64 Å². The highest BCUT2D eigenvalue weighted by Crippen LogP contribution is 2.30. The minimum atomic E-state index is -0.0818. The van der Waals surface area contributed by atoms with Crippen molar-refractivity contribution in [1.82, 2.24) is 14.5 Å². The number of hydrogen-bond donors (Lipinski definition) is 0. The van der Waals surface area contributed by atoms with Gasteiger partial charge in [0, 0.05) is 37.0 Å². The van der Waals surface area contributed by atoms with E-state index in [-0.39, 0.29) is 17.9 Å². The Morgan fingerprint density at radius 3 is 2.76 bits per heavy atom. The number of fused-ring (bicyclic) bond motifs is 2. The lowest BCUT2D eigenvalue weighted by atomic mass is 10.0. The van der Waals surface area contributed by atoms with Crippen LogP contribution in [0.15, 0.2) is 47.5 Å². The van der Waals surface area contributed by atoms with Crippen LogP contribution < -0.4 is 10.3 Å². The molecule has 0 aliphatic carbocycles. The van der Waals surface area contributed by atoms with Crippen LogP contribution >= 0.6 is 11.3 Å². The van der Waals surface area contributed by atoms with Crippen molar-refractivity contribution < 1.29 is 9.53 Å². The molecule has 0 saturated carbocycles. The summed E-state index contributed by atoms with van der Waals surface area (Å²) in [4.78, 5) is 33.9. The first kappa shape index (κ1) is 23.0. The number of hydrogen-bond acceptors (Lipinski definition) is 5. The molecule has 4 rings (SSSR count). The predicted molar refractivity (Wildman–Crippen MR) is 134 cm³/mol. The minimum absolute atomic E-state index is 0.0328. The Kier molecular flexibility index (Phi) is 6.79. The van der Waals surface area contributed by atoms with Gasteiger partial charge in [-0.25, -0.2) is 4.98 Å². The van der Waals surface area contributed by atoms with Gasteiger partial charge in [0.25, 0.3) is 5.56 Å². The molecule has 0 aliphatic heterocycles. The van der Waals surface area contributed by atoms with Crippen LogP contribution in [0.4, 0.5) is 0 Å². The van der Waals surface area contributed by atoms with Crippen molar-refractivity contribution >= 4 is 38.2 Å². The number of carbonyl (C=O) groups excluding carboxylic acids is 1. The van der Waals surface area contributed by atoms with E-state index in [4.69, 9.17) is 4.74 Å². The highest BCUT2D eigenvalue weighted by Gasteiger charge is 2.17. The molecule has 6 nitrogen and oxygen atoms in total. The Morgan fingerprint density at radius 2 is 1.97 bits per heavy atom. The van der Waals surface area contributed by atoms with Gasteiger partial charge in [-0.05, 0) is 42.7 Å². The molecule has 0 fully saturated rings. The van der Waals surface area contributed by atoms with Crippen LogP contribution in [-0.4, -0.2) is 34.0 Å². The zero-order chi connectivity index (χ0) is 23.5. The number of amides is 1. The Hall–Kier alpha value is -3.19. The van der Waals surface area contributed by atoms with Gasteiger partial charge in [0.1, 0.15) is 10.6 Å². The van der Waals surface area contributed by atoms with E-state index in [1.165, 1.54) is 11.3 Å². The van der Waals surface area contributed by atoms with E-state index < -0.39 is 0 Å². The highest BCUT2D eigenvalue weighted by molar-refractivity contribution is 7.18. The third-order valence-electron chi connectivity index (χ3n) is 6.00. The van der Waals surface area contributed by atoms with Crippen LogP contribution in [0, 0.1) is 13.8 Å². The lowest BCUT2D eigenvalue weighted by Gasteiger charge is -2.21. The second-order valence-electron chi connectivity index (χ2n) is 8.32. The van der Waals surface area contributed by atoms with Gasteiger partial charge in [-0.2, -0.15) is 0 Å². The van der Waals surface area contributed by atoms with E-state index in [1.54, 1.807) is 22.8 Å². The standard InChI is InChI=1S/C26H29N3O3S/c1-5-14-32-22-11-10-19-8-6-7-9-20(19)21(22)15-28(4)23(30)12-13-29-16-27-25-24(26(29)31)17(2)18(3)33-25/h6-11,16H,5,12-15H2,1-4H3. The van der Waals surface area contributed by atoms with Gasteiger partial charge in [-0.1, -0.05) is 37.3 Å². The van der Waals surface area contributed by atoms with Crippen molar-refractivity contribution in [3.05, 3.63) is 69.1 Å². The van der Waals surface area contributed by atoms with Gasteiger partial charge >= 0.3 is 0 Å². The molecule has 7 heteroatoms. The molecule has 4 aromatic rings. The minimum Gasteiger partial charge on any atom is -0.493 e. The number of thiophene rings is 1. The summed E-state index contributed by atoms with van der Waals surface area (Å²) in [5, 5.41) is 2.86. The number of carbonyl (C=O) groups is 1. The quantitative estimate of drug-likeness (QED) is 0.366. The van der Waals surface area contributed by atoms with Crippen LogP contribution in [-0.2, 0) is 17.9 Å². The molecule has 33 heavy (non-hydrogen) atoms. The summed E-state index contributed by atoms with van der Waals surface area (Å²) in [5.74, 6) is 0.777. The molecular formula is C26H29N3O3S. The molecule has 0 spiro atoms. The largest absolute Gasteiger partial charge is 0.493 e. The van der Waals surface area contributed by atoms with E-state index in [9.17, 15) is 9.59 Å². The van der Waals surface area contributed by atoms with E-state index in [1.807, 2.05) is 32.0 Å². The lowest BCUT2D eigenvalue weighted by Crippen LogP contribution is -2.29. The third kappa shape index (κ3) is 4.64. The number of ether oxygens (including phenoxy) is 1. The molecule has 1 amide bonds. The number of aryl methyl sites for hydroxylation is 3. The van der Waals surface area contributed by atoms with Crippen molar-refractivity contribution in [2.75, 3.05) is 13.7 Å². The van der Waals surface area contributed by atoms with Crippen molar-refractivity contribution in [2.45, 2.75) is 46.7 Å². The molecule has 0 N–H and O–H groups in total. The Balaban J connectivity index is 1.52. The first-order valence-corrected chi connectivity index (χ1v) is 12.0. The summed E-state index contributed by atoms with van der Waals surface area (Å²) in [6.45, 7) is 7.38. The summed E-state index contributed by atoms with van der Waals surface area (Å²) < 4.78 is 7.53. The maximum Gasteiger partial charge on any atom is 0.262 e. The van der Waals surface area contributed by atoms with Crippen LogP contribution in [0.2, 0.25) is 0 Å². The van der Waals surface area contributed by atoms with Crippen molar-refractivity contribution in [3.8, 4) is 5.75 Å². The third-order valence-corrected chi connectivity index (χ3v) is 7.12. The summed E-state index contributed by atoms with van der Waals surface area (Å²) in [6.07, 6.45) is 2.69. The topological polar surface area (TPSA) is 64.4 Å². The molecule has 2 heterocycles. The molecule has 0 saturated heterocycles. The average molecular weight is 464 g/mol. The fourth-order valence-electron chi connectivity index (χ4n) is 3.99. The van der Waals surface area contributed by atoms with Crippen molar-refractivity contribution in [3.63, 3.8) is 0 Å². The van der Waals surface area contributed by atoms with Gasteiger partial charge in [0.2, 0.25) is 5.91 Å². The van der Waals surface area contributed by atoms with Gasteiger partial charge in [-0.15, -0.1) is 11.3 Å². The lowest BCUT2D eigenvalue weighted by molar-refractivity contribution is -0.130. The van der Waals surface area contributed by atoms with Crippen LogP contribution in [0.25, 0.3) is 21.0 Å². The smallest absolute Gasteiger partial charge is 0.262 e. The fourth-order valence-corrected chi connectivity index (χ4v) is 4.98. The van der Waals surface area contributed by atoms with E-state index in [0.29, 0.717) is 25.1 Å². The summed E-state index contributed by atoms with van der Waals surface area (Å²) in [6, 6.07) is 12.2. The molecule has 0 bridgehead atoms. The molecule has 2 aromatic carbocycles. The summed E-state index contributed by atoms with van der Waals surface area (Å²) in [7, 11) is 1.80. The number of rotatable bonds is 8. The first-order valence-electron chi connectivity index (χ1n) is 11.2. The number of benzene rings is 2. The van der Waals surface area contributed by atoms with Gasteiger partial charge in [-0.3, -0.25) is 14.2 Å². The number of nitrogens with zero attached hydrogens (tertiary/aromatic N) is 3. The van der Waals surface area contributed by atoms with Crippen LogP contribution in [0.1, 0.15) is 35.8 Å². The summed E-state index contributed by atoms with van der Waals surface area (Å²) >= 11 is 1.53. The van der Waals surface area contributed by atoms with Gasteiger partial charge in [0.05, 0.1) is 18.3 Å². The van der Waals surface area contributed by atoms with Crippen molar-refractivity contribution in [1.29, 1.82) is 0 Å². The zero-order valence-corrected chi connectivity index (χ0v) is 20.4. The van der Waals surface area contributed by atoms with Crippen molar-refractivity contribution in [2.24, 2.45) is 0 Å². The van der Waals surface area contributed by atoms with Crippen LogP contribution in [0.5, 0.6) is 5.75 Å². The Morgan fingerprint density at radius 1 is 1.18 bits per heavy atom. The normalized spacial score (nSPS) is 11.3. The SMILES string of the molecule is CCCOc1ccc2ccccc2c1CN(C)C(=O)CCn1cnc2sc(C)c(C)c2c1=O. The first-order chi connectivity index (χ1) is 15.9. The fraction of sp³-hybridized carbons (Fsp3) is 0.346. The molecule has 0 radical (unpaired) electrons. The second kappa shape index (κ2) is 9.75.